The van der Waals surface area contributed by atoms with E-state index in [0.29, 0.717) is 13.2 Å². The summed E-state index contributed by atoms with van der Waals surface area (Å²) in [4.78, 5) is 13.7. The summed E-state index contributed by atoms with van der Waals surface area (Å²) in [5.74, 6) is 1.56. The number of carbonyl (C=O) groups is 1. The number of carbonyl (C=O) groups excluding carboxylic acids is 1. The second-order valence-electron chi connectivity index (χ2n) is 5.24. The smallest absolute Gasteiger partial charge is 0.321 e. The summed E-state index contributed by atoms with van der Waals surface area (Å²) in [6, 6.07) is 14.9. The van der Waals surface area contributed by atoms with Crippen molar-refractivity contribution in [3.63, 3.8) is 0 Å². The van der Waals surface area contributed by atoms with Gasteiger partial charge in [0, 0.05) is 12.7 Å². The normalized spacial score (nSPS) is 10.0. The van der Waals surface area contributed by atoms with E-state index in [9.17, 15) is 4.79 Å². The fourth-order valence-electron chi connectivity index (χ4n) is 1.93. The molecule has 0 saturated carbocycles. The molecule has 0 aliphatic carbocycles. The lowest BCUT2D eigenvalue weighted by Crippen LogP contribution is -2.34. The first-order valence-electron chi connectivity index (χ1n) is 7.44. The van der Waals surface area contributed by atoms with Gasteiger partial charge in [-0.2, -0.15) is 0 Å². The van der Waals surface area contributed by atoms with E-state index in [-0.39, 0.29) is 6.03 Å². The molecule has 0 radical (unpaired) electrons. The van der Waals surface area contributed by atoms with Gasteiger partial charge in [0.05, 0.1) is 13.7 Å². The second-order valence-corrected chi connectivity index (χ2v) is 5.24. The predicted molar refractivity (Wildman–Crippen MR) is 91.3 cm³/mol. The number of rotatable bonds is 6. The summed E-state index contributed by atoms with van der Waals surface area (Å²) < 4.78 is 10.7. The van der Waals surface area contributed by atoms with Crippen molar-refractivity contribution in [1.29, 1.82) is 0 Å². The maximum atomic E-state index is 12.1. The number of urea groups is 1. The van der Waals surface area contributed by atoms with Crippen molar-refractivity contribution >= 4 is 11.7 Å². The molecule has 23 heavy (non-hydrogen) atoms. The number of ether oxygens (including phenoxy) is 2. The van der Waals surface area contributed by atoms with E-state index < -0.39 is 0 Å². The Morgan fingerprint density at radius 3 is 2.26 bits per heavy atom. The third kappa shape index (κ3) is 5.21. The number of hydrogen-bond acceptors (Lipinski definition) is 3. The van der Waals surface area contributed by atoms with Gasteiger partial charge in [0.15, 0.2) is 0 Å². The highest BCUT2D eigenvalue weighted by Crippen LogP contribution is 2.15. The van der Waals surface area contributed by atoms with Crippen LogP contribution in [0.1, 0.15) is 5.56 Å². The third-order valence-electron chi connectivity index (χ3n) is 3.40. The lowest BCUT2D eigenvalue weighted by molar-refractivity contribution is 0.207. The summed E-state index contributed by atoms with van der Waals surface area (Å²) in [7, 11) is 3.34. The molecule has 2 aromatic rings. The van der Waals surface area contributed by atoms with Gasteiger partial charge >= 0.3 is 6.03 Å². The Bertz CT molecular complexity index is 624. The second kappa shape index (κ2) is 8.08. The number of aryl methyl sites for hydroxylation is 1. The minimum Gasteiger partial charge on any atom is -0.497 e. The van der Waals surface area contributed by atoms with Crippen LogP contribution in [-0.4, -0.2) is 38.2 Å². The van der Waals surface area contributed by atoms with Gasteiger partial charge in [0.2, 0.25) is 0 Å². The van der Waals surface area contributed by atoms with Crippen LogP contribution in [0, 0.1) is 6.92 Å². The lowest BCUT2D eigenvalue weighted by Gasteiger charge is -2.18. The van der Waals surface area contributed by atoms with Crippen LogP contribution < -0.4 is 14.8 Å². The van der Waals surface area contributed by atoms with E-state index in [1.165, 1.54) is 5.56 Å². The molecule has 0 aliphatic heterocycles. The molecule has 0 saturated heterocycles. The number of hydrogen-bond donors (Lipinski definition) is 1. The summed E-state index contributed by atoms with van der Waals surface area (Å²) in [6.45, 7) is 2.96. The van der Waals surface area contributed by atoms with Crippen molar-refractivity contribution in [3.8, 4) is 11.5 Å². The van der Waals surface area contributed by atoms with Crippen LogP contribution in [0.4, 0.5) is 10.5 Å². The maximum absolute atomic E-state index is 12.1. The molecule has 0 fully saturated rings. The highest BCUT2D eigenvalue weighted by Gasteiger charge is 2.08. The molecule has 2 amide bonds. The van der Waals surface area contributed by atoms with Gasteiger partial charge < -0.3 is 19.7 Å². The van der Waals surface area contributed by atoms with Gasteiger partial charge in [-0.1, -0.05) is 17.7 Å². The number of benzene rings is 2. The Morgan fingerprint density at radius 2 is 1.65 bits per heavy atom. The maximum Gasteiger partial charge on any atom is 0.321 e. The van der Waals surface area contributed by atoms with Crippen LogP contribution in [0.15, 0.2) is 48.5 Å². The quantitative estimate of drug-likeness (QED) is 0.887. The molecular weight excluding hydrogens is 292 g/mol. The monoisotopic (exact) mass is 314 g/mol. The molecule has 5 nitrogen and oxygen atoms in total. The van der Waals surface area contributed by atoms with Crippen LogP contribution in [0.25, 0.3) is 0 Å². The summed E-state index contributed by atoms with van der Waals surface area (Å²) in [5.41, 5.74) is 1.91. The van der Waals surface area contributed by atoms with Crippen LogP contribution in [0.5, 0.6) is 11.5 Å². The molecule has 1 N–H and O–H groups in total. The zero-order chi connectivity index (χ0) is 16.7. The largest absolute Gasteiger partial charge is 0.497 e. The van der Waals surface area contributed by atoms with Crippen molar-refractivity contribution in [3.05, 3.63) is 54.1 Å². The zero-order valence-corrected chi connectivity index (χ0v) is 13.7. The lowest BCUT2D eigenvalue weighted by atomic mass is 10.2. The molecule has 2 rings (SSSR count). The zero-order valence-electron chi connectivity index (χ0n) is 13.7. The summed E-state index contributed by atoms with van der Waals surface area (Å²) in [5, 5.41) is 2.83. The van der Waals surface area contributed by atoms with E-state index in [0.717, 1.165) is 17.2 Å². The minimum atomic E-state index is -0.178. The van der Waals surface area contributed by atoms with Gasteiger partial charge in [0.1, 0.15) is 18.1 Å². The topological polar surface area (TPSA) is 50.8 Å². The number of methoxy groups -OCH3 is 1. The third-order valence-corrected chi connectivity index (χ3v) is 3.40. The average Bonchev–Trinajstić information content (AvgIpc) is 2.57. The molecule has 122 valence electrons. The van der Waals surface area contributed by atoms with Crippen molar-refractivity contribution in [2.75, 3.05) is 32.6 Å². The number of likely N-dealkylation sites (N-methyl/N-ethyl adjacent to an activating group) is 1. The van der Waals surface area contributed by atoms with E-state index in [4.69, 9.17) is 9.47 Å². The van der Waals surface area contributed by atoms with Crippen molar-refractivity contribution < 1.29 is 14.3 Å². The number of nitrogens with zero attached hydrogens (tertiary/aromatic N) is 1. The van der Waals surface area contributed by atoms with Crippen LogP contribution in [-0.2, 0) is 0 Å². The van der Waals surface area contributed by atoms with Crippen molar-refractivity contribution in [2.45, 2.75) is 6.92 Å². The molecule has 0 bridgehead atoms. The van der Waals surface area contributed by atoms with Crippen molar-refractivity contribution in [1.82, 2.24) is 4.90 Å². The molecule has 2 aromatic carbocycles. The van der Waals surface area contributed by atoms with Gasteiger partial charge in [-0.15, -0.1) is 0 Å². The Morgan fingerprint density at radius 1 is 1.04 bits per heavy atom. The minimum absolute atomic E-state index is 0.178. The molecule has 0 unspecified atom stereocenters. The standard InChI is InChI=1S/C18H22N2O3/c1-14-4-8-17(9-5-14)23-13-12-20(2)18(21)19-15-6-10-16(22-3)11-7-15/h4-11H,12-13H2,1-3H3,(H,19,21). The SMILES string of the molecule is COc1ccc(NC(=O)N(C)CCOc2ccc(C)cc2)cc1. The Hall–Kier alpha value is -2.69. The van der Waals surface area contributed by atoms with Gasteiger partial charge in [-0.3, -0.25) is 0 Å². The summed E-state index contributed by atoms with van der Waals surface area (Å²) >= 11 is 0. The average molecular weight is 314 g/mol. The van der Waals surface area contributed by atoms with Gasteiger partial charge in [-0.05, 0) is 43.3 Å². The molecule has 0 aromatic heterocycles. The molecule has 5 heteroatoms. The first kappa shape index (κ1) is 16.7. The van der Waals surface area contributed by atoms with Crippen LogP contribution >= 0.6 is 0 Å². The number of amides is 2. The molecule has 0 atom stereocenters. The number of nitrogens with one attached hydrogen (secondary N) is 1. The molecule has 0 spiro atoms. The Labute approximate surface area is 136 Å². The van der Waals surface area contributed by atoms with Crippen molar-refractivity contribution in [2.24, 2.45) is 0 Å². The number of anilines is 1. The fraction of sp³-hybridized carbons (Fsp3) is 0.278. The predicted octanol–water partition coefficient (Wildman–Crippen LogP) is 3.55. The first-order chi connectivity index (χ1) is 11.1. The van der Waals surface area contributed by atoms with Crippen LogP contribution in [0.2, 0.25) is 0 Å². The molecular formula is C18H22N2O3. The highest BCUT2D eigenvalue weighted by molar-refractivity contribution is 5.89. The first-order valence-corrected chi connectivity index (χ1v) is 7.44. The van der Waals surface area contributed by atoms with Crippen LogP contribution in [0.3, 0.4) is 0 Å². The van der Waals surface area contributed by atoms with Gasteiger partial charge in [0.25, 0.3) is 0 Å². The summed E-state index contributed by atoms with van der Waals surface area (Å²) in [6.07, 6.45) is 0. The van der Waals surface area contributed by atoms with E-state index >= 15 is 0 Å². The van der Waals surface area contributed by atoms with Gasteiger partial charge in [-0.25, -0.2) is 4.79 Å². The van der Waals surface area contributed by atoms with E-state index in [1.807, 2.05) is 31.2 Å². The van der Waals surface area contributed by atoms with E-state index in [2.05, 4.69) is 5.32 Å². The molecule has 0 aliphatic rings. The Balaban J connectivity index is 1.76. The molecule has 0 heterocycles. The van der Waals surface area contributed by atoms with E-state index in [1.54, 1.807) is 43.3 Å². The fourth-order valence-corrected chi connectivity index (χ4v) is 1.93. The Kier molecular flexibility index (Phi) is 5.86. The highest BCUT2D eigenvalue weighted by atomic mass is 16.5.